The van der Waals surface area contributed by atoms with Crippen LogP contribution in [0, 0.1) is 0 Å². The number of nitrogens with zero attached hydrogens (tertiary/aromatic N) is 3. The number of benzene rings is 1. The lowest BCUT2D eigenvalue weighted by Gasteiger charge is -2.26. The third-order valence-electron chi connectivity index (χ3n) is 4.89. The molecule has 2 aromatic rings. The molecule has 0 bridgehead atoms. The van der Waals surface area contributed by atoms with E-state index in [1.165, 1.54) is 6.42 Å². The van der Waals surface area contributed by atoms with E-state index in [4.69, 9.17) is 14.0 Å². The first-order valence-electron chi connectivity index (χ1n) is 9.22. The second-order valence-corrected chi connectivity index (χ2v) is 6.78. The number of carbonyl (C=O) groups excluding carboxylic acids is 1. The molecular formula is C19H23N3O4. The molecule has 3 heterocycles. The fourth-order valence-corrected chi connectivity index (χ4v) is 3.35. The van der Waals surface area contributed by atoms with Crippen LogP contribution in [0.25, 0.3) is 11.5 Å². The van der Waals surface area contributed by atoms with Crippen LogP contribution in [-0.2, 0) is 9.53 Å². The van der Waals surface area contributed by atoms with Crippen molar-refractivity contribution in [2.24, 2.45) is 0 Å². The predicted molar refractivity (Wildman–Crippen MR) is 93.8 cm³/mol. The van der Waals surface area contributed by atoms with Gasteiger partial charge in [-0.1, -0.05) is 11.2 Å². The minimum atomic E-state index is 0.0383. The van der Waals surface area contributed by atoms with Gasteiger partial charge in [0.1, 0.15) is 5.75 Å². The standard InChI is InChI=1S/C19H23N3O4/c23-17(22-8-2-1-3-9-22)13-25-16-6-4-5-14(11-16)19-20-18(21-26-19)15-7-10-24-12-15/h4-6,11,15H,1-3,7-10,12-13H2. The Bertz CT molecular complexity index is 749. The van der Waals surface area contributed by atoms with E-state index in [0.29, 0.717) is 24.1 Å². The van der Waals surface area contributed by atoms with Crippen molar-refractivity contribution in [3.05, 3.63) is 30.1 Å². The second-order valence-electron chi connectivity index (χ2n) is 6.78. The molecule has 4 rings (SSSR count). The smallest absolute Gasteiger partial charge is 0.260 e. The summed E-state index contributed by atoms with van der Waals surface area (Å²) in [6, 6.07) is 7.40. The summed E-state index contributed by atoms with van der Waals surface area (Å²) in [4.78, 5) is 18.6. The van der Waals surface area contributed by atoms with Gasteiger partial charge in [0.2, 0.25) is 0 Å². The average molecular weight is 357 g/mol. The normalized spacial score (nSPS) is 20.3. The summed E-state index contributed by atoms with van der Waals surface area (Å²) >= 11 is 0. The highest BCUT2D eigenvalue weighted by atomic mass is 16.5. The number of ether oxygens (including phenoxy) is 2. The summed E-state index contributed by atoms with van der Waals surface area (Å²) in [5.41, 5.74) is 0.783. The fourth-order valence-electron chi connectivity index (χ4n) is 3.35. The topological polar surface area (TPSA) is 77.7 Å². The number of rotatable bonds is 5. The van der Waals surface area contributed by atoms with Crippen molar-refractivity contribution < 1.29 is 18.8 Å². The summed E-state index contributed by atoms with van der Waals surface area (Å²) in [6.45, 7) is 3.09. The molecule has 26 heavy (non-hydrogen) atoms. The van der Waals surface area contributed by atoms with Crippen molar-refractivity contribution >= 4 is 5.91 Å². The summed E-state index contributed by atoms with van der Waals surface area (Å²) < 4.78 is 16.5. The van der Waals surface area contributed by atoms with Crippen LogP contribution in [0.4, 0.5) is 0 Å². The Hall–Kier alpha value is -2.41. The van der Waals surface area contributed by atoms with Crippen LogP contribution in [-0.4, -0.2) is 53.9 Å². The molecule has 2 saturated heterocycles. The summed E-state index contributed by atoms with van der Waals surface area (Å²) in [7, 11) is 0. The molecule has 0 spiro atoms. The highest BCUT2D eigenvalue weighted by molar-refractivity contribution is 5.77. The zero-order valence-corrected chi connectivity index (χ0v) is 14.7. The average Bonchev–Trinajstić information content (AvgIpc) is 3.38. The molecule has 7 nitrogen and oxygen atoms in total. The van der Waals surface area contributed by atoms with Crippen LogP contribution in [0.3, 0.4) is 0 Å². The molecule has 1 aromatic carbocycles. The molecule has 0 aliphatic carbocycles. The van der Waals surface area contributed by atoms with Gasteiger partial charge in [0.15, 0.2) is 12.4 Å². The number of piperidine rings is 1. The number of aromatic nitrogens is 2. The second kappa shape index (κ2) is 7.86. The Morgan fingerprint density at radius 3 is 2.96 bits per heavy atom. The van der Waals surface area contributed by atoms with E-state index in [0.717, 1.165) is 44.5 Å². The minimum Gasteiger partial charge on any atom is -0.484 e. The van der Waals surface area contributed by atoms with Gasteiger partial charge in [-0.3, -0.25) is 4.79 Å². The lowest BCUT2D eigenvalue weighted by atomic mass is 10.1. The molecule has 1 unspecified atom stereocenters. The highest BCUT2D eigenvalue weighted by Crippen LogP contribution is 2.27. The van der Waals surface area contributed by atoms with E-state index < -0.39 is 0 Å². The molecule has 2 aliphatic heterocycles. The molecule has 2 fully saturated rings. The van der Waals surface area contributed by atoms with E-state index in [2.05, 4.69) is 10.1 Å². The lowest BCUT2D eigenvalue weighted by Crippen LogP contribution is -2.38. The predicted octanol–water partition coefficient (Wildman–Crippen LogP) is 2.63. The molecule has 0 N–H and O–H groups in total. The van der Waals surface area contributed by atoms with E-state index in [1.807, 2.05) is 29.2 Å². The van der Waals surface area contributed by atoms with Crippen molar-refractivity contribution in [1.82, 2.24) is 15.0 Å². The van der Waals surface area contributed by atoms with Gasteiger partial charge in [0, 0.05) is 31.2 Å². The molecule has 0 saturated carbocycles. The van der Waals surface area contributed by atoms with Gasteiger partial charge < -0.3 is 18.9 Å². The van der Waals surface area contributed by atoms with E-state index >= 15 is 0 Å². The van der Waals surface area contributed by atoms with E-state index in [1.54, 1.807) is 0 Å². The lowest BCUT2D eigenvalue weighted by molar-refractivity contribution is -0.134. The maximum Gasteiger partial charge on any atom is 0.260 e. The molecule has 7 heteroatoms. The maximum atomic E-state index is 12.2. The molecule has 1 amide bonds. The van der Waals surface area contributed by atoms with Crippen LogP contribution in [0.2, 0.25) is 0 Å². The number of carbonyl (C=O) groups is 1. The number of likely N-dealkylation sites (tertiary alicyclic amines) is 1. The molecular weight excluding hydrogens is 334 g/mol. The Labute approximate surface area is 152 Å². The highest BCUT2D eigenvalue weighted by Gasteiger charge is 2.23. The number of hydrogen-bond acceptors (Lipinski definition) is 6. The molecule has 1 atom stereocenters. The van der Waals surface area contributed by atoms with Crippen LogP contribution >= 0.6 is 0 Å². The molecule has 0 radical (unpaired) electrons. The van der Waals surface area contributed by atoms with Crippen LogP contribution in [0.1, 0.15) is 37.4 Å². The van der Waals surface area contributed by atoms with Crippen LogP contribution < -0.4 is 4.74 Å². The zero-order valence-electron chi connectivity index (χ0n) is 14.7. The van der Waals surface area contributed by atoms with Gasteiger partial charge >= 0.3 is 0 Å². The van der Waals surface area contributed by atoms with Gasteiger partial charge in [-0.25, -0.2) is 0 Å². The third-order valence-corrected chi connectivity index (χ3v) is 4.89. The van der Waals surface area contributed by atoms with Crippen molar-refractivity contribution in [1.29, 1.82) is 0 Å². The van der Waals surface area contributed by atoms with Crippen LogP contribution in [0.15, 0.2) is 28.8 Å². The molecule has 1 aromatic heterocycles. The van der Waals surface area contributed by atoms with Gasteiger partial charge in [-0.2, -0.15) is 4.98 Å². The quantitative estimate of drug-likeness (QED) is 0.819. The third kappa shape index (κ3) is 3.88. The van der Waals surface area contributed by atoms with Gasteiger partial charge in [0.25, 0.3) is 11.8 Å². The van der Waals surface area contributed by atoms with Gasteiger partial charge in [0.05, 0.1) is 6.61 Å². The Balaban J connectivity index is 1.39. The Morgan fingerprint density at radius 1 is 1.27 bits per heavy atom. The van der Waals surface area contributed by atoms with E-state index in [-0.39, 0.29) is 18.4 Å². The summed E-state index contributed by atoms with van der Waals surface area (Å²) in [5.74, 6) is 2.01. The first kappa shape index (κ1) is 17.0. The fraction of sp³-hybridized carbons (Fsp3) is 0.526. The summed E-state index contributed by atoms with van der Waals surface area (Å²) in [5, 5.41) is 4.07. The molecule has 138 valence electrons. The number of hydrogen-bond donors (Lipinski definition) is 0. The van der Waals surface area contributed by atoms with E-state index in [9.17, 15) is 4.79 Å². The first-order valence-corrected chi connectivity index (χ1v) is 9.22. The van der Waals surface area contributed by atoms with Gasteiger partial charge in [-0.15, -0.1) is 0 Å². The monoisotopic (exact) mass is 357 g/mol. The SMILES string of the molecule is O=C(COc1cccc(-c2nc(C3CCOC3)no2)c1)N1CCCCC1. The van der Waals surface area contributed by atoms with Gasteiger partial charge in [-0.05, 0) is 43.9 Å². The zero-order chi connectivity index (χ0) is 17.8. The van der Waals surface area contributed by atoms with Crippen molar-refractivity contribution in [2.45, 2.75) is 31.6 Å². The van der Waals surface area contributed by atoms with Crippen molar-refractivity contribution in [3.8, 4) is 17.2 Å². The molecule has 2 aliphatic rings. The minimum absolute atomic E-state index is 0.0383. The van der Waals surface area contributed by atoms with Crippen molar-refractivity contribution in [3.63, 3.8) is 0 Å². The number of amides is 1. The Morgan fingerprint density at radius 2 is 2.15 bits per heavy atom. The Kier molecular flexibility index (Phi) is 5.15. The first-order chi connectivity index (χ1) is 12.8. The largest absolute Gasteiger partial charge is 0.484 e. The summed E-state index contributed by atoms with van der Waals surface area (Å²) in [6.07, 6.45) is 4.27. The van der Waals surface area contributed by atoms with Crippen molar-refractivity contribution in [2.75, 3.05) is 32.9 Å². The maximum absolute atomic E-state index is 12.2. The van der Waals surface area contributed by atoms with Crippen LogP contribution in [0.5, 0.6) is 5.75 Å².